The van der Waals surface area contributed by atoms with Crippen LogP contribution in [0.3, 0.4) is 0 Å². The topological polar surface area (TPSA) is 60.7 Å². The molecular weight excluding hydrogens is 379 g/mol. The first-order chi connectivity index (χ1) is 9.50. The average molecular weight is 382 g/mol. The van der Waals surface area contributed by atoms with E-state index in [4.69, 9.17) is 15.3 Å². The fraction of sp³-hybridized carbons (Fsp3) is 1.00. The maximum atomic E-state index is 12.7. The van der Waals surface area contributed by atoms with Gasteiger partial charge in [0, 0.05) is 0 Å². The predicted molar refractivity (Wildman–Crippen MR) is 40.2 cm³/mol. The van der Waals surface area contributed by atoms with Crippen molar-refractivity contribution in [3.05, 3.63) is 0 Å². The summed E-state index contributed by atoms with van der Waals surface area (Å²) in [5.41, 5.74) is 0. The molecule has 0 heterocycles. The fourth-order valence-corrected chi connectivity index (χ4v) is 0.980. The van der Waals surface area contributed by atoms with E-state index in [1.807, 2.05) is 0 Å². The normalized spacial score (nSPS) is 16.7. The molecular formula is C7H3F13O3. The van der Waals surface area contributed by atoms with Crippen LogP contribution in [-0.2, 0) is 0 Å². The lowest BCUT2D eigenvalue weighted by Crippen LogP contribution is -2.73. The minimum atomic E-state index is -8.19. The minimum Gasteiger partial charge on any atom is -0.339 e. The van der Waals surface area contributed by atoms with Crippen LogP contribution in [0.25, 0.3) is 0 Å². The van der Waals surface area contributed by atoms with Crippen molar-refractivity contribution in [2.24, 2.45) is 0 Å². The molecule has 0 aliphatic heterocycles. The molecule has 0 saturated heterocycles. The molecule has 0 aromatic rings. The minimum absolute atomic E-state index is 6.16. The molecule has 0 radical (unpaired) electrons. The van der Waals surface area contributed by atoms with Gasteiger partial charge in [-0.2, -0.15) is 57.1 Å². The molecule has 0 saturated carbocycles. The highest BCUT2D eigenvalue weighted by Crippen LogP contribution is 2.61. The second-order valence-corrected chi connectivity index (χ2v) is 4.01. The van der Waals surface area contributed by atoms with Gasteiger partial charge in [0.15, 0.2) is 0 Å². The monoisotopic (exact) mass is 382 g/mol. The molecule has 0 bridgehead atoms. The van der Waals surface area contributed by atoms with Crippen LogP contribution in [0.4, 0.5) is 57.1 Å². The summed E-state index contributed by atoms with van der Waals surface area (Å²) in [6.45, 7) is 0. The highest BCUT2D eigenvalue weighted by atomic mass is 19.4. The van der Waals surface area contributed by atoms with Gasteiger partial charge in [0.2, 0.25) is 0 Å². The third-order valence-corrected chi connectivity index (χ3v) is 2.35. The molecule has 0 aliphatic carbocycles. The van der Waals surface area contributed by atoms with Gasteiger partial charge in [-0.15, -0.1) is 0 Å². The fourth-order valence-electron chi connectivity index (χ4n) is 0.980. The van der Waals surface area contributed by atoms with E-state index in [-0.39, 0.29) is 0 Å². The molecule has 0 spiro atoms. The van der Waals surface area contributed by atoms with Crippen molar-refractivity contribution in [2.75, 3.05) is 0 Å². The van der Waals surface area contributed by atoms with Crippen LogP contribution >= 0.6 is 0 Å². The predicted octanol–water partition coefficient (Wildman–Crippen LogP) is 2.36. The summed E-state index contributed by atoms with van der Waals surface area (Å²) in [5, 5.41) is 23.3. The summed E-state index contributed by atoms with van der Waals surface area (Å²) in [4.78, 5) is 0. The van der Waals surface area contributed by atoms with Gasteiger partial charge >= 0.3 is 41.8 Å². The molecule has 23 heavy (non-hydrogen) atoms. The molecule has 140 valence electrons. The third kappa shape index (κ3) is 2.69. The third-order valence-electron chi connectivity index (χ3n) is 2.35. The molecule has 0 rings (SSSR count). The number of hydrogen-bond donors (Lipinski definition) is 3. The van der Waals surface area contributed by atoms with E-state index in [0.29, 0.717) is 0 Å². The molecule has 0 aromatic heterocycles. The van der Waals surface area contributed by atoms with Gasteiger partial charge in [0.25, 0.3) is 0 Å². The first-order valence-electron chi connectivity index (χ1n) is 4.63. The zero-order valence-electron chi connectivity index (χ0n) is 9.76. The summed E-state index contributed by atoms with van der Waals surface area (Å²) < 4.78 is 161. The summed E-state index contributed by atoms with van der Waals surface area (Å²) in [6, 6.07) is 0. The standard InChI is InChI=1S/C7H3F13O3/c8-1(9,2(10,11)4(14,15)6(18,19)20)3(12,13)5(16,17)7(21,22)23/h21-23H. The van der Waals surface area contributed by atoms with Crippen molar-refractivity contribution < 1.29 is 72.4 Å². The van der Waals surface area contributed by atoms with Crippen molar-refractivity contribution >= 4 is 0 Å². The largest absolute Gasteiger partial charge is 0.460 e. The van der Waals surface area contributed by atoms with E-state index < -0.39 is 41.8 Å². The molecule has 0 unspecified atom stereocenters. The van der Waals surface area contributed by atoms with Gasteiger partial charge in [-0.05, 0) is 0 Å². The smallest absolute Gasteiger partial charge is 0.339 e. The molecule has 3 nitrogen and oxygen atoms in total. The van der Waals surface area contributed by atoms with Crippen molar-refractivity contribution in [3.63, 3.8) is 0 Å². The molecule has 3 N–H and O–H groups in total. The van der Waals surface area contributed by atoms with Crippen LogP contribution in [0.1, 0.15) is 0 Å². The average Bonchev–Trinajstić information content (AvgIpc) is 2.24. The highest BCUT2D eigenvalue weighted by molar-refractivity contribution is 5.11. The maximum absolute atomic E-state index is 12.7. The summed E-state index contributed by atoms with van der Waals surface area (Å²) in [5.74, 6) is -45.8. The summed E-state index contributed by atoms with van der Waals surface area (Å²) in [6.07, 6.45) is -7.57. The van der Waals surface area contributed by atoms with Gasteiger partial charge in [-0.3, -0.25) is 0 Å². The second-order valence-electron chi connectivity index (χ2n) is 4.01. The number of halogens is 13. The SMILES string of the molecule is OC(O)(O)C(F)(F)C(F)(F)C(F)(F)C(F)(F)C(F)(F)C(F)(F)F. The van der Waals surface area contributed by atoms with Crippen LogP contribution < -0.4 is 0 Å². The highest BCUT2D eigenvalue weighted by Gasteiger charge is 2.92. The molecule has 0 atom stereocenters. The van der Waals surface area contributed by atoms with Gasteiger partial charge in [-0.1, -0.05) is 0 Å². The van der Waals surface area contributed by atoms with Crippen molar-refractivity contribution in [3.8, 4) is 0 Å². The Balaban J connectivity index is 6.37. The molecule has 0 aromatic carbocycles. The van der Waals surface area contributed by atoms with E-state index in [1.165, 1.54) is 0 Å². The maximum Gasteiger partial charge on any atom is 0.460 e. The Bertz CT molecular complexity index is 405. The zero-order valence-corrected chi connectivity index (χ0v) is 9.76. The van der Waals surface area contributed by atoms with Gasteiger partial charge < -0.3 is 15.3 Å². The van der Waals surface area contributed by atoms with Crippen LogP contribution in [0.5, 0.6) is 0 Å². The first kappa shape index (κ1) is 22.0. The Kier molecular flexibility index (Phi) is 4.76. The molecule has 16 heteroatoms. The number of alkyl halides is 13. The Hall–Kier alpha value is -1.03. The lowest BCUT2D eigenvalue weighted by Gasteiger charge is -2.41. The summed E-state index contributed by atoms with van der Waals surface area (Å²) >= 11 is 0. The molecule has 0 aliphatic rings. The number of rotatable bonds is 5. The van der Waals surface area contributed by atoms with Crippen molar-refractivity contribution in [1.82, 2.24) is 0 Å². The van der Waals surface area contributed by atoms with E-state index >= 15 is 0 Å². The van der Waals surface area contributed by atoms with Crippen molar-refractivity contribution in [2.45, 2.75) is 41.8 Å². The lowest BCUT2D eigenvalue weighted by molar-refractivity contribution is -0.492. The molecule has 0 amide bonds. The van der Waals surface area contributed by atoms with Crippen LogP contribution in [-0.4, -0.2) is 57.1 Å². The molecule has 0 fully saturated rings. The Labute approximate surface area is 115 Å². The lowest BCUT2D eigenvalue weighted by atomic mass is 9.93. The quantitative estimate of drug-likeness (QED) is 0.506. The van der Waals surface area contributed by atoms with E-state index in [2.05, 4.69) is 0 Å². The number of aliphatic hydroxyl groups is 3. The van der Waals surface area contributed by atoms with E-state index in [9.17, 15) is 57.1 Å². The Morgan fingerprint density at radius 3 is 0.783 bits per heavy atom. The van der Waals surface area contributed by atoms with E-state index in [0.717, 1.165) is 0 Å². The first-order valence-corrected chi connectivity index (χ1v) is 4.63. The Morgan fingerprint density at radius 2 is 0.565 bits per heavy atom. The summed E-state index contributed by atoms with van der Waals surface area (Å²) in [7, 11) is 0. The van der Waals surface area contributed by atoms with Crippen molar-refractivity contribution in [1.29, 1.82) is 0 Å². The van der Waals surface area contributed by atoms with Crippen LogP contribution in [0.15, 0.2) is 0 Å². The van der Waals surface area contributed by atoms with Gasteiger partial charge in [-0.25, -0.2) is 0 Å². The van der Waals surface area contributed by atoms with Gasteiger partial charge in [0.1, 0.15) is 0 Å². The van der Waals surface area contributed by atoms with Gasteiger partial charge in [0.05, 0.1) is 0 Å². The zero-order chi connectivity index (χ0) is 19.5. The van der Waals surface area contributed by atoms with E-state index in [1.54, 1.807) is 0 Å². The second kappa shape index (κ2) is 4.98. The Morgan fingerprint density at radius 1 is 0.348 bits per heavy atom. The van der Waals surface area contributed by atoms with Crippen LogP contribution in [0.2, 0.25) is 0 Å². The van der Waals surface area contributed by atoms with Crippen LogP contribution in [0, 0.1) is 0 Å². The number of hydrogen-bond acceptors (Lipinski definition) is 3.